The molecule has 2 rings (SSSR count). The number of hydrogen-bond acceptors (Lipinski definition) is 3. The molecule has 0 unspecified atom stereocenters. The van der Waals surface area contributed by atoms with Gasteiger partial charge in [-0.05, 0) is 44.4 Å². The van der Waals surface area contributed by atoms with Crippen molar-refractivity contribution in [2.75, 3.05) is 0 Å². The zero-order valence-corrected chi connectivity index (χ0v) is 10.6. The minimum atomic E-state index is -0.0542. The summed E-state index contributed by atoms with van der Waals surface area (Å²) in [4.78, 5) is 0. The first kappa shape index (κ1) is 10.6. The minimum absolute atomic E-state index is 0.0542. The minimum Gasteiger partial charge on any atom is -0.295 e. The van der Waals surface area contributed by atoms with Gasteiger partial charge in [0.2, 0.25) is 0 Å². The highest BCUT2D eigenvalue weighted by atomic mass is 32.1. The SMILES string of the molecule is CC(C)(C)n1c(-c2ccsc2)n[nH]c1=S. The molecule has 2 heterocycles. The van der Waals surface area contributed by atoms with Gasteiger partial charge in [-0.3, -0.25) is 9.67 Å². The van der Waals surface area contributed by atoms with Gasteiger partial charge in [0, 0.05) is 16.5 Å². The van der Waals surface area contributed by atoms with Crippen LogP contribution in [0.3, 0.4) is 0 Å². The van der Waals surface area contributed by atoms with Crippen LogP contribution in [0.1, 0.15) is 20.8 Å². The number of nitrogens with zero attached hydrogens (tertiary/aromatic N) is 2. The molecule has 0 spiro atoms. The van der Waals surface area contributed by atoms with Gasteiger partial charge in [0.1, 0.15) is 0 Å². The van der Waals surface area contributed by atoms with Crippen LogP contribution in [0.4, 0.5) is 0 Å². The zero-order valence-electron chi connectivity index (χ0n) is 8.94. The molecule has 5 heteroatoms. The Morgan fingerprint density at radius 2 is 2.20 bits per heavy atom. The molecule has 0 aliphatic rings. The Morgan fingerprint density at radius 3 is 2.73 bits per heavy atom. The van der Waals surface area contributed by atoms with Crippen molar-refractivity contribution in [2.24, 2.45) is 0 Å². The molecule has 0 fully saturated rings. The van der Waals surface area contributed by atoms with Crippen molar-refractivity contribution in [3.05, 3.63) is 21.6 Å². The van der Waals surface area contributed by atoms with Crippen LogP contribution in [0.25, 0.3) is 11.4 Å². The molecule has 0 saturated heterocycles. The molecule has 15 heavy (non-hydrogen) atoms. The molecule has 3 nitrogen and oxygen atoms in total. The van der Waals surface area contributed by atoms with Crippen molar-refractivity contribution < 1.29 is 0 Å². The predicted octanol–water partition coefficient (Wildman–Crippen LogP) is 3.42. The summed E-state index contributed by atoms with van der Waals surface area (Å²) in [5.74, 6) is 0.911. The number of aromatic amines is 1. The van der Waals surface area contributed by atoms with Crippen molar-refractivity contribution in [3.8, 4) is 11.4 Å². The quantitative estimate of drug-likeness (QED) is 0.774. The number of H-pyrrole nitrogens is 1. The number of hydrogen-bond donors (Lipinski definition) is 1. The highest BCUT2D eigenvalue weighted by Crippen LogP contribution is 2.25. The Labute approximate surface area is 97.8 Å². The van der Waals surface area contributed by atoms with Crippen LogP contribution < -0.4 is 0 Å². The van der Waals surface area contributed by atoms with E-state index in [4.69, 9.17) is 12.2 Å². The van der Waals surface area contributed by atoms with E-state index >= 15 is 0 Å². The molecule has 2 aromatic heterocycles. The maximum Gasteiger partial charge on any atom is 0.195 e. The lowest BCUT2D eigenvalue weighted by Crippen LogP contribution is -2.22. The molecule has 0 aromatic carbocycles. The van der Waals surface area contributed by atoms with Crippen LogP contribution in [0, 0.1) is 4.77 Å². The molecule has 0 amide bonds. The standard InChI is InChI=1S/C10H13N3S2/c1-10(2,3)13-8(11-12-9(13)14)7-4-5-15-6-7/h4-6H,1-3H3,(H,12,14). The topological polar surface area (TPSA) is 33.6 Å². The van der Waals surface area contributed by atoms with E-state index < -0.39 is 0 Å². The summed E-state index contributed by atoms with van der Waals surface area (Å²) < 4.78 is 2.72. The van der Waals surface area contributed by atoms with Crippen molar-refractivity contribution in [1.82, 2.24) is 14.8 Å². The molecule has 0 bridgehead atoms. The Bertz CT molecular complexity index is 500. The predicted molar refractivity (Wildman–Crippen MR) is 65.7 cm³/mol. The highest BCUT2D eigenvalue weighted by Gasteiger charge is 2.20. The maximum absolute atomic E-state index is 5.24. The summed E-state index contributed by atoms with van der Waals surface area (Å²) in [6, 6.07) is 2.05. The smallest absolute Gasteiger partial charge is 0.195 e. The van der Waals surface area contributed by atoms with Gasteiger partial charge in [0.15, 0.2) is 10.6 Å². The van der Waals surface area contributed by atoms with Crippen molar-refractivity contribution >= 4 is 23.6 Å². The molecule has 80 valence electrons. The molecule has 0 radical (unpaired) electrons. The first-order chi connectivity index (χ1) is 7.00. The number of thiophene rings is 1. The molecular formula is C10H13N3S2. The summed E-state index contributed by atoms with van der Waals surface area (Å²) in [5.41, 5.74) is 1.06. The van der Waals surface area contributed by atoms with Gasteiger partial charge in [0.05, 0.1) is 0 Å². The number of nitrogens with one attached hydrogen (secondary N) is 1. The van der Waals surface area contributed by atoms with Gasteiger partial charge in [-0.25, -0.2) is 0 Å². The zero-order chi connectivity index (χ0) is 11.1. The molecule has 0 saturated carbocycles. The van der Waals surface area contributed by atoms with Crippen LogP contribution in [0.5, 0.6) is 0 Å². The summed E-state index contributed by atoms with van der Waals surface area (Å²) in [7, 11) is 0. The second kappa shape index (κ2) is 3.57. The number of aromatic nitrogens is 3. The molecular weight excluding hydrogens is 226 g/mol. The molecule has 0 atom stereocenters. The Hall–Kier alpha value is -0.940. The monoisotopic (exact) mass is 239 g/mol. The fourth-order valence-electron chi connectivity index (χ4n) is 1.50. The van der Waals surface area contributed by atoms with Gasteiger partial charge in [-0.1, -0.05) is 0 Å². The average molecular weight is 239 g/mol. The van der Waals surface area contributed by atoms with Crippen LogP contribution in [0.2, 0.25) is 0 Å². The number of rotatable bonds is 1. The second-order valence-corrected chi connectivity index (χ2v) is 5.54. The lowest BCUT2D eigenvalue weighted by molar-refractivity contribution is 0.395. The lowest BCUT2D eigenvalue weighted by Gasteiger charge is -2.22. The third kappa shape index (κ3) is 1.89. The van der Waals surface area contributed by atoms with E-state index in [1.165, 1.54) is 0 Å². The van der Waals surface area contributed by atoms with Gasteiger partial charge >= 0.3 is 0 Å². The van der Waals surface area contributed by atoms with Crippen LogP contribution >= 0.6 is 23.6 Å². The second-order valence-electron chi connectivity index (χ2n) is 4.37. The van der Waals surface area contributed by atoms with Gasteiger partial charge in [-0.15, -0.1) is 0 Å². The van der Waals surface area contributed by atoms with E-state index in [0.717, 1.165) is 11.4 Å². The summed E-state index contributed by atoms with van der Waals surface area (Å²) in [5, 5.41) is 11.2. The summed E-state index contributed by atoms with van der Waals surface area (Å²) in [6.07, 6.45) is 0. The Balaban J connectivity index is 2.65. The molecule has 1 N–H and O–H groups in total. The van der Waals surface area contributed by atoms with Crippen molar-refractivity contribution in [2.45, 2.75) is 26.3 Å². The Kier molecular flexibility index (Phi) is 2.52. The van der Waals surface area contributed by atoms with E-state index in [1.807, 2.05) is 9.95 Å². The van der Waals surface area contributed by atoms with Gasteiger partial charge in [-0.2, -0.15) is 16.4 Å². The van der Waals surface area contributed by atoms with Crippen LogP contribution in [-0.4, -0.2) is 14.8 Å². The third-order valence-corrected chi connectivity index (χ3v) is 3.08. The van der Waals surface area contributed by atoms with Crippen LogP contribution in [-0.2, 0) is 5.54 Å². The van der Waals surface area contributed by atoms with Crippen molar-refractivity contribution in [1.29, 1.82) is 0 Å². The first-order valence-electron chi connectivity index (χ1n) is 4.70. The largest absolute Gasteiger partial charge is 0.295 e. The summed E-state index contributed by atoms with van der Waals surface area (Å²) in [6.45, 7) is 6.36. The third-order valence-electron chi connectivity index (χ3n) is 2.12. The van der Waals surface area contributed by atoms with Crippen molar-refractivity contribution in [3.63, 3.8) is 0 Å². The van der Waals surface area contributed by atoms with E-state index in [1.54, 1.807) is 11.3 Å². The normalized spacial score (nSPS) is 11.9. The lowest BCUT2D eigenvalue weighted by atomic mass is 10.1. The van der Waals surface area contributed by atoms with Crippen LogP contribution in [0.15, 0.2) is 16.8 Å². The van der Waals surface area contributed by atoms with E-state index in [0.29, 0.717) is 4.77 Å². The Morgan fingerprint density at radius 1 is 1.47 bits per heavy atom. The van der Waals surface area contributed by atoms with E-state index in [-0.39, 0.29) is 5.54 Å². The fourth-order valence-corrected chi connectivity index (χ4v) is 2.54. The van der Waals surface area contributed by atoms with Gasteiger partial charge < -0.3 is 0 Å². The molecule has 2 aromatic rings. The van der Waals surface area contributed by atoms with E-state index in [9.17, 15) is 0 Å². The van der Waals surface area contributed by atoms with E-state index in [2.05, 4.69) is 42.4 Å². The summed E-state index contributed by atoms with van der Waals surface area (Å²) >= 11 is 6.90. The highest BCUT2D eigenvalue weighted by molar-refractivity contribution is 7.71. The average Bonchev–Trinajstić information content (AvgIpc) is 2.68. The first-order valence-corrected chi connectivity index (χ1v) is 6.06. The molecule has 0 aliphatic heterocycles. The maximum atomic E-state index is 5.24. The molecule has 0 aliphatic carbocycles. The van der Waals surface area contributed by atoms with Gasteiger partial charge in [0.25, 0.3) is 0 Å². The fraction of sp³-hybridized carbons (Fsp3) is 0.400.